The van der Waals surface area contributed by atoms with E-state index in [1.165, 1.54) is 4.90 Å². The number of amides is 3. The van der Waals surface area contributed by atoms with E-state index in [-0.39, 0.29) is 42.5 Å². The van der Waals surface area contributed by atoms with Gasteiger partial charge in [0.25, 0.3) is 0 Å². The maximum absolute atomic E-state index is 11.4. The van der Waals surface area contributed by atoms with E-state index >= 15 is 0 Å². The molecular weight excluding hydrogens is 437 g/mol. The van der Waals surface area contributed by atoms with E-state index in [4.69, 9.17) is 4.74 Å². The first kappa shape index (κ1) is 21.0. The van der Waals surface area contributed by atoms with Crippen LogP contribution in [0.1, 0.15) is 6.42 Å². The van der Waals surface area contributed by atoms with Crippen LogP contribution in [0.3, 0.4) is 0 Å². The molecule has 2 rings (SSSR count). The first-order chi connectivity index (χ1) is 11.7. The third kappa shape index (κ3) is 7.16. The summed E-state index contributed by atoms with van der Waals surface area (Å²) in [6.07, 6.45) is 0.822. The van der Waals surface area contributed by atoms with Gasteiger partial charge in [-0.2, -0.15) is 0 Å². The summed E-state index contributed by atoms with van der Waals surface area (Å²) in [6, 6.07) is 9.31. The number of aliphatic imine (C=N–C) groups is 1. The molecule has 1 aromatic rings. The molecule has 0 bridgehead atoms. The molecule has 0 unspecified atom stereocenters. The van der Waals surface area contributed by atoms with E-state index in [1.807, 2.05) is 30.3 Å². The van der Waals surface area contributed by atoms with Gasteiger partial charge in [0.1, 0.15) is 5.75 Å². The van der Waals surface area contributed by atoms with E-state index < -0.39 is 0 Å². The van der Waals surface area contributed by atoms with Gasteiger partial charge in [-0.15, -0.1) is 24.0 Å². The van der Waals surface area contributed by atoms with Crippen molar-refractivity contribution in [3.05, 3.63) is 30.3 Å². The van der Waals surface area contributed by atoms with Gasteiger partial charge in [-0.1, -0.05) is 18.2 Å². The Morgan fingerprint density at radius 2 is 1.96 bits per heavy atom. The molecule has 1 heterocycles. The van der Waals surface area contributed by atoms with Gasteiger partial charge in [0.2, 0.25) is 5.91 Å². The van der Waals surface area contributed by atoms with Crippen molar-refractivity contribution in [2.45, 2.75) is 6.42 Å². The van der Waals surface area contributed by atoms with Crippen LogP contribution in [-0.2, 0) is 4.79 Å². The number of nitrogens with one attached hydrogen (secondary N) is 3. The Hall–Kier alpha value is -2.04. The highest BCUT2D eigenvalue weighted by atomic mass is 127. The highest BCUT2D eigenvalue weighted by Crippen LogP contribution is 2.07. The molecule has 0 atom stereocenters. The molecule has 0 aliphatic carbocycles. The van der Waals surface area contributed by atoms with Crippen molar-refractivity contribution >= 4 is 41.9 Å². The van der Waals surface area contributed by atoms with E-state index in [1.54, 1.807) is 7.05 Å². The largest absolute Gasteiger partial charge is 0.494 e. The number of nitrogens with zero attached hydrogens (tertiary/aromatic N) is 2. The molecule has 3 amide bonds. The summed E-state index contributed by atoms with van der Waals surface area (Å²) >= 11 is 0. The summed E-state index contributed by atoms with van der Waals surface area (Å²) in [5, 5.41) is 8.71. The van der Waals surface area contributed by atoms with Crippen LogP contribution in [0, 0.1) is 0 Å². The Morgan fingerprint density at radius 3 is 2.60 bits per heavy atom. The molecular formula is C16H24IN5O3. The fourth-order valence-electron chi connectivity index (χ4n) is 2.17. The second-order valence-electron chi connectivity index (χ2n) is 5.14. The number of carbonyl (C=O) groups excluding carboxylic acids is 2. The Bertz CT molecular complexity index is 566. The van der Waals surface area contributed by atoms with Crippen LogP contribution in [-0.4, -0.2) is 62.6 Å². The van der Waals surface area contributed by atoms with Gasteiger partial charge in [0.05, 0.1) is 13.2 Å². The highest BCUT2D eigenvalue weighted by molar-refractivity contribution is 14.0. The first-order valence-electron chi connectivity index (χ1n) is 7.91. The number of halogens is 1. The number of carbonyl (C=O) groups is 2. The van der Waals surface area contributed by atoms with Crippen LogP contribution in [0.4, 0.5) is 4.79 Å². The normalized spacial score (nSPS) is 14.0. The molecule has 1 fully saturated rings. The van der Waals surface area contributed by atoms with Crippen molar-refractivity contribution in [1.29, 1.82) is 0 Å². The summed E-state index contributed by atoms with van der Waals surface area (Å²) in [5.41, 5.74) is 0. The fraction of sp³-hybridized carbons (Fsp3) is 0.438. The second-order valence-corrected chi connectivity index (χ2v) is 5.14. The molecule has 0 spiro atoms. The lowest BCUT2D eigenvalue weighted by Crippen LogP contribution is -2.43. The number of rotatable bonds is 8. The Balaban J connectivity index is 0.00000312. The first-order valence-corrected chi connectivity index (χ1v) is 7.91. The summed E-state index contributed by atoms with van der Waals surface area (Å²) in [4.78, 5) is 28.1. The molecule has 9 heteroatoms. The van der Waals surface area contributed by atoms with Crippen molar-refractivity contribution in [3.63, 3.8) is 0 Å². The van der Waals surface area contributed by atoms with Gasteiger partial charge in [-0.3, -0.25) is 14.7 Å². The van der Waals surface area contributed by atoms with Crippen molar-refractivity contribution in [1.82, 2.24) is 20.9 Å². The lowest BCUT2D eigenvalue weighted by Gasteiger charge is -2.15. The molecule has 0 aromatic heterocycles. The SMILES string of the molecule is CN=C(NCCCOc1ccccc1)NCCN1C(=O)CNC1=O.I. The maximum Gasteiger partial charge on any atom is 0.324 e. The molecule has 1 aromatic carbocycles. The smallest absolute Gasteiger partial charge is 0.324 e. The zero-order chi connectivity index (χ0) is 17.2. The topological polar surface area (TPSA) is 95.1 Å². The fourth-order valence-corrected chi connectivity index (χ4v) is 2.17. The lowest BCUT2D eigenvalue weighted by molar-refractivity contribution is -0.124. The molecule has 25 heavy (non-hydrogen) atoms. The van der Waals surface area contributed by atoms with Crippen LogP contribution in [0.2, 0.25) is 0 Å². The number of imide groups is 1. The summed E-state index contributed by atoms with van der Waals surface area (Å²) in [7, 11) is 1.67. The predicted molar refractivity (Wildman–Crippen MR) is 106 cm³/mol. The standard InChI is InChI=1S/C16H23N5O3.HI/c1-17-15(19-9-10-21-14(22)12-20-16(21)23)18-8-5-11-24-13-6-3-2-4-7-13;/h2-4,6-7H,5,8-12H2,1H3,(H,20,23)(H2,17,18,19);1H. The predicted octanol–water partition coefficient (Wildman–Crippen LogP) is 0.790. The number of urea groups is 1. The van der Waals surface area contributed by atoms with Crippen LogP contribution in [0.25, 0.3) is 0 Å². The molecule has 1 aliphatic rings. The average Bonchev–Trinajstić information content (AvgIpc) is 2.92. The van der Waals surface area contributed by atoms with Gasteiger partial charge in [0.15, 0.2) is 5.96 Å². The maximum atomic E-state index is 11.4. The quantitative estimate of drug-likeness (QED) is 0.175. The molecule has 0 saturated carbocycles. The molecule has 1 aliphatic heterocycles. The van der Waals surface area contributed by atoms with Gasteiger partial charge in [-0.25, -0.2) is 4.79 Å². The van der Waals surface area contributed by atoms with Gasteiger partial charge in [0, 0.05) is 26.7 Å². The van der Waals surface area contributed by atoms with Crippen molar-refractivity contribution < 1.29 is 14.3 Å². The van der Waals surface area contributed by atoms with Crippen LogP contribution in [0.5, 0.6) is 5.75 Å². The molecule has 8 nitrogen and oxygen atoms in total. The Labute approximate surface area is 164 Å². The van der Waals surface area contributed by atoms with Gasteiger partial charge in [-0.05, 0) is 18.6 Å². The second kappa shape index (κ2) is 11.5. The minimum Gasteiger partial charge on any atom is -0.494 e. The number of hydrogen-bond acceptors (Lipinski definition) is 4. The number of para-hydroxylation sites is 1. The number of ether oxygens (including phenoxy) is 1. The molecule has 3 N–H and O–H groups in total. The van der Waals surface area contributed by atoms with Gasteiger partial charge < -0.3 is 20.7 Å². The van der Waals surface area contributed by atoms with Gasteiger partial charge >= 0.3 is 6.03 Å². The highest BCUT2D eigenvalue weighted by Gasteiger charge is 2.27. The third-order valence-corrected chi connectivity index (χ3v) is 3.41. The Kier molecular flexibility index (Phi) is 9.66. The van der Waals surface area contributed by atoms with Crippen molar-refractivity contribution in [2.75, 3.05) is 39.8 Å². The number of guanidine groups is 1. The molecule has 1 saturated heterocycles. The van der Waals surface area contributed by atoms with Crippen LogP contribution < -0.4 is 20.7 Å². The Morgan fingerprint density at radius 1 is 1.24 bits per heavy atom. The van der Waals surface area contributed by atoms with E-state index in [0.717, 1.165) is 12.2 Å². The molecule has 138 valence electrons. The average molecular weight is 461 g/mol. The lowest BCUT2D eigenvalue weighted by atomic mass is 10.3. The zero-order valence-corrected chi connectivity index (χ0v) is 16.5. The monoisotopic (exact) mass is 461 g/mol. The van der Waals surface area contributed by atoms with Crippen LogP contribution >= 0.6 is 24.0 Å². The number of hydrogen-bond donors (Lipinski definition) is 3. The number of benzene rings is 1. The zero-order valence-electron chi connectivity index (χ0n) is 14.2. The van der Waals surface area contributed by atoms with Crippen LogP contribution in [0.15, 0.2) is 35.3 Å². The van der Waals surface area contributed by atoms with E-state index in [9.17, 15) is 9.59 Å². The minimum absolute atomic E-state index is 0. The van der Waals surface area contributed by atoms with Crippen molar-refractivity contribution in [3.8, 4) is 5.75 Å². The third-order valence-electron chi connectivity index (χ3n) is 3.41. The summed E-state index contributed by atoms with van der Waals surface area (Å²) in [5.74, 6) is 1.28. The molecule has 0 radical (unpaired) electrons. The summed E-state index contributed by atoms with van der Waals surface area (Å²) < 4.78 is 5.60. The summed E-state index contributed by atoms with van der Waals surface area (Å²) in [6.45, 7) is 2.14. The minimum atomic E-state index is -0.345. The van der Waals surface area contributed by atoms with E-state index in [2.05, 4.69) is 20.9 Å². The van der Waals surface area contributed by atoms with Crippen molar-refractivity contribution in [2.24, 2.45) is 4.99 Å². The van der Waals surface area contributed by atoms with E-state index in [0.29, 0.717) is 32.2 Å².